The number of amides is 2. The minimum absolute atomic E-state index is 0.114. The van der Waals surface area contributed by atoms with E-state index < -0.39 is 0 Å². The van der Waals surface area contributed by atoms with E-state index in [0.717, 1.165) is 36.6 Å². The lowest BCUT2D eigenvalue weighted by Crippen LogP contribution is -2.48. The maximum atomic E-state index is 12.2. The molecule has 4 rings (SSSR count). The van der Waals surface area contributed by atoms with Gasteiger partial charge in [-0.05, 0) is 36.4 Å². The number of aromatic nitrogens is 2. The van der Waals surface area contributed by atoms with Crippen LogP contribution in [0.5, 0.6) is 0 Å². The molecule has 3 aromatic rings. The van der Waals surface area contributed by atoms with Crippen molar-refractivity contribution >= 4 is 23.2 Å². The second-order valence-electron chi connectivity index (χ2n) is 6.73. The molecule has 0 radical (unpaired) electrons. The fourth-order valence-electron chi connectivity index (χ4n) is 3.20. The minimum Gasteiger partial charge on any atom is -0.443 e. The molecule has 0 unspecified atom stereocenters. The molecule has 8 nitrogen and oxygen atoms in total. The number of carbonyl (C=O) groups excluding carboxylic acids is 1. The summed E-state index contributed by atoms with van der Waals surface area (Å²) in [5, 5.41) is 16.7. The topological polar surface area (TPSA) is 107 Å². The quantitative estimate of drug-likeness (QED) is 0.672. The highest BCUT2D eigenvalue weighted by Gasteiger charge is 2.21. The molecule has 0 spiro atoms. The third kappa shape index (κ3) is 4.73. The van der Waals surface area contributed by atoms with Crippen LogP contribution >= 0.6 is 11.3 Å². The van der Waals surface area contributed by atoms with Crippen molar-refractivity contribution in [3.8, 4) is 16.8 Å². The SMILES string of the molecule is N#Cc1ccc(N2CCC(NC(=O)NCc3coc(-c4cccs4)n3)CC2)nc1. The van der Waals surface area contributed by atoms with Crippen LogP contribution in [-0.4, -0.2) is 35.1 Å². The summed E-state index contributed by atoms with van der Waals surface area (Å²) in [7, 11) is 0. The van der Waals surface area contributed by atoms with Crippen LogP contribution in [0.2, 0.25) is 0 Å². The summed E-state index contributed by atoms with van der Waals surface area (Å²) in [5.74, 6) is 1.43. The van der Waals surface area contributed by atoms with Crippen LogP contribution in [0, 0.1) is 11.3 Å². The molecule has 1 aliphatic rings. The van der Waals surface area contributed by atoms with Gasteiger partial charge in [0.25, 0.3) is 0 Å². The molecule has 0 atom stereocenters. The number of pyridine rings is 1. The number of nitrogens with one attached hydrogen (secondary N) is 2. The molecular formula is C20H20N6O2S. The van der Waals surface area contributed by atoms with E-state index in [1.54, 1.807) is 29.9 Å². The van der Waals surface area contributed by atoms with Gasteiger partial charge >= 0.3 is 6.03 Å². The van der Waals surface area contributed by atoms with E-state index in [-0.39, 0.29) is 12.1 Å². The van der Waals surface area contributed by atoms with Crippen molar-refractivity contribution in [2.75, 3.05) is 18.0 Å². The molecule has 29 heavy (non-hydrogen) atoms. The zero-order valence-corrected chi connectivity index (χ0v) is 16.5. The molecule has 0 aliphatic carbocycles. The number of nitrogens with zero attached hydrogens (tertiary/aromatic N) is 4. The summed E-state index contributed by atoms with van der Waals surface area (Å²) in [5.41, 5.74) is 1.24. The smallest absolute Gasteiger partial charge is 0.315 e. The lowest BCUT2D eigenvalue weighted by atomic mass is 10.1. The minimum atomic E-state index is -0.208. The Balaban J connectivity index is 1.21. The number of anilines is 1. The van der Waals surface area contributed by atoms with Gasteiger partial charge < -0.3 is 20.0 Å². The van der Waals surface area contributed by atoms with Crippen molar-refractivity contribution in [3.05, 3.63) is 53.4 Å². The van der Waals surface area contributed by atoms with Gasteiger partial charge in [-0.3, -0.25) is 0 Å². The molecule has 9 heteroatoms. The number of hydrogen-bond donors (Lipinski definition) is 2. The van der Waals surface area contributed by atoms with Gasteiger partial charge in [0, 0.05) is 25.3 Å². The number of thiophene rings is 1. The van der Waals surface area contributed by atoms with Crippen molar-refractivity contribution < 1.29 is 9.21 Å². The average Bonchev–Trinajstić information content (AvgIpc) is 3.45. The maximum Gasteiger partial charge on any atom is 0.315 e. The van der Waals surface area contributed by atoms with Gasteiger partial charge in [-0.1, -0.05) is 6.07 Å². The van der Waals surface area contributed by atoms with Gasteiger partial charge in [-0.25, -0.2) is 14.8 Å². The molecule has 2 N–H and O–H groups in total. The molecule has 0 aromatic carbocycles. The Morgan fingerprint density at radius 1 is 1.34 bits per heavy atom. The molecule has 4 heterocycles. The van der Waals surface area contributed by atoms with E-state index in [0.29, 0.717) is 23.7 Å². The molecule has 1 saturated heterocycles. The molecule has 148 valence electrons. The number of nitriles is 1. The molecule has 0 bridgehead atoms. The largest absolute Gasteiger partial charge is 0.443 e. The second kappa shape index (κ2) is 8.75. The van der Waals surface area contributed by atoms with Crippen molar-refractivity contribution in [2.45, 2.75) is 25.4 Å². The number of carbonyl (C=O) groups is 1. The summed E-state index contributed by atoms with van der Waals surface area (Å²) in [4.78, 5) is 24.1. The second-order valence-corrected chi connectivity index (χ2v) is 7.67. The first-order valence-electron chi connectivity index (χ1n) is 9.35. The number of piperidine rings is 1. The normalized spacial score (nSPS) is 14.4. The van der Waals surface area contributed by atoms with Gasteiger partial charge in [0.2, 0.25) is 5.89 Å². The zero-order valence-electron chi connectivity index (χ0n) is 15.7. The molecule has 3 aromatic heterocycles. The Morgan fingerprint density at radius 3 is 2.90 bits per heavy atom. The molecular weight excluding hydrogens is 388 g/mol. The van der Waals surface area contributed by atoms with Crippen LogP contribution in [0.25, 0.3) is 10.8 Å². The molecule has 1 aliphatic heterocycles. The van der Waals surface area contributed by atoms with E-state index in [1.165, 1.54) is 0 Å². The third-order valence-electron chi connectivity index (χ3n) is 4.74. The molecule has 0 saturated carbocycles. The number of urea groups is 1. The first-order valence-corrected chi connectivity index (χ1v) is 10.2. The maximum absolute atomic E-state index is 12.2. The van der Waals surface area contributed by atoms with Crippen molar-refractivity contribution in [1.82, 2.24) is 20.6 Å². The van der Waals surface area contributed by atoms with E-state index in [2.05, 4.69) is 31.6 Å². The van der Waals surface area contributed by atoms with Crippen molar-refractivity contribution in [3.63, 3.8) is 0 Å². The first-order chi connectivity index (χ1) is 14.2. The van der Waals surface area contributed by atoms with E-state index in [4.69, 9.17) is 9.68 Å². The summed E-state index contributed by atoms with van der Waals surface area (Å²) < 4.78 is 5.46. The highest BCUT2D eigenvalue weighted by atomic mass is 32.1. The van der Waals surface area contributed by atoms with Crippen molar-refractivity contribution in [2.24, 2.45) is 0 Å². The summed E-state index contributed by atoms with van der Waals surface area (Å²) in [6, 6.07) is 9.50. The van der Waals surface area contributed by atoms with Crippen LogP contribution in [-0.2, 0) is 6.54 Å². The lowest BCUT2D eigenvalue weighted by molar-refractivity contribution is 0.234. The Labute approximate surface area is 172 Å². The molecule has 2 amide bonds. The van der Waals surface area contributed by atoms with Crippen molar-refractivity contribution in [1.29, 1.82) is 5.26 Å². The van der Waals surface area contributed by atoms with Crippen LogP contribution in [0.4, 0.5) is 10.6 Å². The molecule has 1 fully saturated rings. The standard InChI is InChI=1S/C20H20N6O2S/c21-10-14-3-4-18(22-11-14)26-7-5-15(6-8-26)25-20(27)23-12-16-13-28-19(24-16)17-2-1-9-29-17/h1-4,9,11,13,15H,5-8,12H2,(H2,23,25,27). The van der Waals surface area contributed by atoms with Crippen LogP contribution in [0.3, 0.4) is 0 Å². The first kappa shape index (κ1) is 19.0. The fraction of sp³-hybridized carbons (Fsp3) is 0.300. The van der Waals surface area contributed by atoms with Gasteiger partial charge in [-0.15, -0.1) is 11.3 Å². The summed E-state index contributed by atoms with van der Waals surface area (Å²) in [6.07, 6.45) is 4.82. The Hall–Kier alpha value is -3.38. The summed E-state index contributed by atoms with van der Waals surface area (Å²) in [6.45, 7) is 1.92. The number of rotatable bonds is 5. The fourth-order valence-corrected chi connectivity index (χ4v) is 3.86. The van der Waals surface area contributed by atoms with Crippen LogP contribution < -0.4 is 15.5 Å². The van der Waals surface area contributed by atoms with E-state index in [9.17, 15) is 4.79 Å². The lowest BCUT2D eigenvalue weighted by Gasteiger charge is -2.33. The summed E-state index contributed by atoms with van der Waals surface area (Å²) >= 11 is 1.56. The predicted molar refractivity (Wildman–Crippen MR) is 109 cm³/mol. The Bertz CT molecular complexity index is 985. The predicted octanol–water partition coefficient (Wildman–Crippen LogP) is 3.14. The highest BCUT2D eigenvalue weighted by Crippen LogP contribution is 2.23. The van der Waals surface area contributed by atoms with Gasteiger partial charge in [0.1, 0.15) is 18.2 Å². The Kier molecular flexibility index (Phi) is 5.72. The van der Waals surface area contributed by atoms with Crippen LogP contribution in [0.15, 0.2) is 46.5 Å². The number of oxazole rings is 1. The average molecular weight is 408 g/mol. The van der Waals surface area contributed by atoms with E-state index >= 15 is 0 Å². The number of hydrogen-bond acceptors (Lipinski definition) is 7. The van der Waals surface area contributed by atoms with Gasteiger partial charge in [0.15, 0.2) is 0 Å². The monoisotopic (exact) mass is 408 g/mol. The van der Waals surface area contributed by atoms with Crippen LogP contribution in [0.1, 0.15) is 24.1 Å². The Morgan fingerprint density at radius 2 is 2.21 bits per heavy atom. The zero-order chi connectivity index (χ0) is 20.1. The van der Waals surface area contributed by atoms with Gasteiger partial charge in [-0.2, -0.15) is 5.26 Å². The third-order valence-corrected chi connectivity index (χ3v) is 5.60. The highest BCUT2D eigenvalue weighted by molar-refractivity contribution is 7.13. The van der Waals surface area contributed by atoms with E-state index in [1.807, 2.05) is 23.6 Å². The van der Waals surface area contributed by atoms with Gasteiger partial charge in [0.05, 0.1) is 22.7 Å².